The molecule has 1 aromatic carbocycles. The van der Waals surface area contributed by atoms with Gasteiger partial charge in [-0.2, -0.15) is 0 Å². The van der Waals surface area contributed by atoms with Crippen molar-refractivity contribution in [3.63, 3.8) is 0 Å². The maximum atomic E-state index is 13.3. The van der Waals surface area contributed by atoms with Crippen LogP contribution in [-0.2, 0) is 6.54 Å². The van der Waals surface area contributed by atoms with Crippen LogP contribution in [0.3, 0.4) is 0 Å². The molecule has 1 N–H and O–H groups in total. The maximum Gasteiger partial charge on any atom is 0.127 e. The number of rotatable bonds is 3. The number of nitrogens with one attached hydrogen (secondary N) is 1. The van der Waals surface area contributed by atoms with Gasteiger partial charge in [-0.15, -0.1) is 0 Å². The predicted octanol–water partition coefficient (Wildman–Crippen LogP) is 3.24. The zero-order valence-electron chi connectivity index (χ0n) is 9.47. The Morgan fingerprint density at radius 3 is 2.81 bits per heavy atom. The Morgan fingerprint density at radius 1 is 1.31 bits per heavy atom. The van der Waals surface area contributed by atoms with Gasteiger partial charge in [0.2, 0.25) is 0 Å². The number of benzene rings is 1. The first-order valence-electron chi connectivity index (χ1n) is 5.84. The molecule has 2 rings (SSSR count). The Labute approximate surface area is 94.9 Å². The fourth-order valence-corrected chi connectivity index (χ4v) is 2.37. The Kier molecular flexibility index (Phi) is 3.54. The van der Waals surface area contributed by atoms with E-state index in [0.29, 0.717) is 24.1 Å². The van der Waals surface area contributed by atoms with Crippen LogP contribution in [0, 0.1) is 17.6 Å². The summed E-state index contributed by atoms with van der Waals surface area (Å²) in [6.07, 6.45) is 3.59. The first-order chi connectivity index (χ1) is 7.66. The second-order valence-corrected chi connectivity index (χ2v) is 4.63. The van der Waals surface area contributed by atoms with Crippen molar-refractivity contribution >= 4 is 0 Å². The lowest BCUT2D eigenvalue weighted by atomic mass is 10.1. The van der Waals surface area contributed by atoms with Crippen molar-refractivity contribution in [2.24, 2.45) is 5.92 Å². The predicted molar refractivity (Wildman–Crippen MR) is 60.0 cm³/mol. The van der Waals surface area contributed by atoms with Gasteiger partial charge in [-0.1, -0.05) is 13.3 Å². The Bertz CT molecular complexity index is 365. The molecule has 0 aliphatic heterocycles. The summed E-state index contributed by atoms with van der Waals surface area (Å²) in [5.74, 6) is -0.0751. The summed E-state index contributed by atoms with van der Waals surface area (Å²) < 4.78 is 26.3. The van der Waals surface area contributed by atoms with Gasteiger partial charge in [0.15, 0.2) is 0 Å². The quantitative estimate of drug-likeness (QED) is 0.832. The van der Waals surface area contributed by atoms with Crippen LogP contribution in [0.2, 0.25) is 0 Å². The first kappa shape index (κ1) is 11.5. The molecule has 0 aromatic heterocycles. The summed E-state index contributed by atoms with van der Waals surface area (Å²) in [5, 5.41) is 3.31. The second-order valence-electron chi connectivity index (χ2n) is 4.63. The van der Waals surface area contributed by atoms with Gasteiger partial charge in [-0.25, -0.2) is 8.78 Å². The van der Waals surface area contributed by atoms with Crippen LogP contribution in [0.4, 0.5) is 8.78 Å². The van der Waals surface area contributed by atoms with E-state index in [0.717, 1.165) is 12.5 Å². The number of halogens is 2. The van der Waals surface area contributed by atoms with Crippen LogP contribution in [0.1, 0.15) is 31.7 Å². The maximum absolute atomic E-state index is 13.3. The lowest BCUT2D eigenvalue weighted by Crippen LogP contribution is -2.30. The van der Waals surface area contributed by atoms with Gasteiger partial charge in [-0.3, -0.25) is 0 Å². The highest BCUT2D eigenvalue weighted by molar-refractivity contribution is 5.18. The van der Waals surface area contributed by atoms with Gasteiger partial charge in [0.1, 0.15) is 11.6 Å². The molecule has 0 radical (unpaired) electrons. The third kappa shape index (κ3) is 2.59. The minimum Gasteiger partial charge on any atom is -0.310 e. The molecule has 0 saturated heterocycles. The number of hydrogen-bond donors (Lipinski definition) is 1. The van der Waals surface area contributed by atoms with Gasteiger partial charge in [-0.05, 0) is 37.0 Å². The van der Waals surface area contributed by atoms with E-state index >= 15 is 0 Å². The highest BCUT2D eigenvalue weighted by Gasteiger charge is 2.22. The molecule has 1 aromatic rings. The van der Waals surface area contributed by atoms with Crippen molar-refractivity contribution in [3.8, 4) is 0 Å². The monoisotopic (exact) mass is 225 g/mol. The molecule has 2 atom stereocenters. The highest BCUT2D eigenvalue weighted by Crippen LogP contribution is 2.25. The molecule has 1 saturated carbocycles. The molecular weight excluding hydrogens is 208 g/mol. The fourth-order valence-electron chi connectivity index (χ4n) is 2.37. The van der Waals surface area contributed by atoms with Crippen LogP contribution >= 0.6 is 0 Å². The van der Waals surface area contributed by atoms with Gasteiger partial charge in [0.25, 0.3) is 0 Å². The van der Waals surface area contributed by atoms with Crippen molar-refractivity contribution in [2.45, 2.75) is 38.8 Å². The van der Waals surface area contributed by atoms with E-state index < -0.39 is 0 Å². The zero-order valence-corrected chi connectivity index (χ0v) is 9.47. The largest absolute Gasteiger partial charge is 0.310 e. The average Bonchev–Trinajstić information content (AvgIpc) is 2.66. The molecule has 1 fully saturated rings. The third-order valence-corrected chi connectivity index (χ3v) is 3.42. The Hall–Kier alpha value is -0.960. The van der Waals surface area contributed by atoms with E-state index in [-0.39, 0.29) is 11.6 Å². The molecule has 2 unspecified atom stereocenters. The molecule has 1 aliphatic carbocycles. The minimum atomic E-state index is -0.377. The molecule has 0 amide bonds. The van der Waals surface area contributed by atoms with Gasteiger partial charge in [0.05, 0.1) is 0 Å². The van der Waals surface area contributed by atoms with Crippen LogP contribution in [0.5, 0.6) is 0 Å². The van der Waals surface area contributed by atoms with E-state index in [1.54, 1.807) is 0 Å². The summed E-state index contributed by atoms with van der Waals surface area (Å²) >= 11 is 0. The summed E-state index contributed by atoms with van der Waals surface area (Å²) in [6, 6.07) is 4.05. The minimum absolute atomic E-state index is 0.334. The standard InChI is InChI=1S/C13H17F2N/c1-9-3-2-4-13(9)16-8-10-7-11(14)5-6-12(10)15/h5-7,9,13,16H,2-4,8H2,1H3. The molecule has 0 spiro atoms. The second kappa shape index (κ2) is 4.91. The van der Waals surface area contributed by atoms with E-state index in [1.807, 2.05) is 0 Å². The van der Waals surface area contributed by atoms with E-state index in [4.69, 9.17) is 0 Å². The van der Waals surface area contributed by atoms with Crippen molar-refractivity contribution in [3.05, 3.63) is 35.4 Å². The molecule has 16 heavy (non-hydrogen) atoms. The number of hydrogen-bond acceptors (Lipinski definition) is 1. The Morgan fingerprint density at radius 2 is 2.12 bits per heavy atom. The van der Waals surface area contributed by atoms with Crippen LogP contribution < -0.4 is 5.32 Å². The summed E-state index contributed by atoms with van der Waals surface area (Å²) in [5.41, 5.74) is 0.416. The highest BCUT2D eigenvalue weighted by atomic mass is 19.1. The smallest absolute Gasteiger partial charge is 0.127 e. The Balaban J connectivity index is 1.96. The molecule has 88 valence electrons. The normalized spacial score (nSPS) is 24.9. The molecular formula is C13H17F2N. The van der Waals surface area contributed by atoms with E-state index in [2.05, 4.69) is 12.2 Å². The van der Waals surface area contributed by atoms with Crippen LogP contribution in [0.15, 0.2) is 18.2 Å². The lowest BCUT2D eigenvalue weighted by molar-refractivity contribution is 0.420. The van der Waals surface area contributed by atoms with Crippen molar-refractivity contribution < 1.29 is 8.78 Å². The molecule has 0 heterocycles. The van der Waals surface area contributed by atoms with E-state index in [9.17, 15) is 8.78 Å². The van der Waals surface area contributed by atoms with Gasteiger partial charge < -0.3 is 5.32 Å². The summed E-state index contributed by atoms with van der Waals surface area (Å²) in [4.78, 5) is 0. The van der Waals surface area contributed by atoms with Gasteiger partial charge >= 0.3 is 0 Å². The molecule has 3 heteroatoms. The zero-order chi connectivity index (χ0) is 11.5. The summed E-state index contributed by atoms with van der Waals surface area (Å²) in [7, 11) is 0. The fraction of sp³-hybridized carbons (Fsp3) is 0.538. The van der Waals surface area contributed by atoms with E-state index in [1.165, 1.54) is 25.0 Å². The summed E-state index contributed by atoms with van der Waals surface area (Å²) in [6.45, 7) is 2.62. The third-order valence-electron chi connectivity index (χ3n) is 3.42. The first-order valence-corrected chi connectivity index (χ1v) is 5.84. The van der Waals surface area contributed by atoms with Gasteiger partial charge in [0, 0.05) is 18.2 Å². The molecule has 0 bridgehead atoms. The molecule has 1 aliphatic rings. The lowest BCUT2D eigenvalue weighted by Gasteiger charge is -2.17. The average molecular weight is 225 g/mol. The van der Waals surface area contributed by atoms with Crippen molar-refractivity contribution in [2.75, 3.05) is 0 Å². The molecule has 1 nitrogen and oxygen atoms in total. The topological polar surface area (TPSA) is 12.0 Å². The van der Waals surface area contributed by atoms with Crippen molar-refractivity contribution in [1.29, 1.82) is 0 Å². The van der Waals surface area contributed by atoms with Crippen LogP contribution in [-0.4, -0.2) is 6.04 Å². The SMILES string of the molecule is CC1CCCC1NCc1cc(F)ccc1F. The van der Waals surface area contributed by atoms with Crippen LogP contribution in [0.25, 0.3) is 0 Å². The van der Waals surface area contributed by atoms with Crippen molar-refractivity contribution in [1.82, 2.24) is 5.32 Å².